The molecule has 0 spiro atoms. The number of amidine groups is 1. The summed E-state index contributed by atoms with van der Waals surface area (Å²) < 4.78 is 6.60. The van der Waals surface area contributed by atoms with E-state index in [1.165, 1.54) is 66.6 Å². The fourth-order valence-electron chi connectivity index (χ4n) is 7.59. The summed E-state index contributed by atoms with van der Waals surface area (Å²) in [7, 11) is 0. The summed E-state index contributed by atoms with van der Waals surface area (Å²) in [4.78, 5) is 0. The van der Waals surface area contributed by atoms with Crippen LogP contribution in [0.1, 0.15) is 84.3 Å². The van der Waals surface area contributed by atoms with Crippen molar-refractivity contribution in [3.05, 3.63) is 105 Å². The van der Waals surface area contributed by atoms with Gasteiger partial charge in [0.15, 0.2) is 0 Å². The summed E-state index contributed by atoms with van der Waals surface area (Å²) in [5.74, 6) is 2.89. The van der Waals surface area contributed by atoms with E-state index in [0.29, 0.717) is 5.92 Å². The molecule has 3 aromatic rings. The van der Waals surface area contributed by atoms with Crippen molar-refractivity contribution in [3.8, 4) is 0 Å². The molecular formula is C35H32N2O. The molecule has 0 bridgehead atoms. The zero-order valence-corrected chi connectivity index (χ0v) is 21.7. The van der Waals surface area contributed by atoms with Crippen LogP contribution in [-0.4, -0.2) is 5.84 Å². The van der Waals surface area contributed by atoms with Gasteiger partial charge in [-0.3, -0.25) is 5.41 Å². The third kappa shape index (κ3) is 3.17. The molecule has 3 N–H and O–H groups in total. The largest absolute Gasteiger partial charge is 0.460 e. The number of nitrogens with one attached hydrogen (secondary N) is 1. The van der Waals surface area contributed by atoms with Gasteiger partial charge in [-0.1, -0.05) is 60.7 Å². The smallest absolute Gasteiger partial charge is 0.139 e. The lowest BCUT2D eigenvalue weighted by Gasteiger charge is -2.25. The molecule has 0 aliphatic heterocycles. The topological polar surface area (TPSA) is 63.0 Å². The molecule has 2 aromatic carbocycles. The first-order chi connectivity index (χ1) is 18.7. The van der Waals surface area contributed by atoms with Crippen LogP contribution in [0.3, 0.4) is 0 Å². The standard InChI is InChI=1S/C35H32N2O/c36-35(37)23-9-4-7-21(19-23)20-6-3-8-22(18-20)24-14-15-27-28-16-17-29-25-10-1-2-13-31(25)38-34(29)33(28)30-12-5-11-26(24)32(27)30/h1,5-6,10-12,14-15,18-19,21H,2-4,7-9,13,16-17H2,(H3,36,37). The van der Waals surface area contributed by atoms with Crippen LogP contribution in [0.2, 0.25) is 0 Å². The molecule has 1 aromatic heterocycles. The van der Waals surface area contributed by atoms with Crippen LogP contribution in [0.15, 0.2) is 70.2 Å². The number of fused-ring (bicyclic) bond motifs is 6. The number of hydrogen-bond acceptors (Lipinski definition) is 2. The molecular weight excluding hydrogens is 464 g/mol. The van der Waals surface area contributed by atoms with Gasteiger partial charge >= 0.3 is 0 Å². The molecule has 5 aliphatic rings. The van der Waals surface area contributed by atoms with Crippen molar-refractivity contribution in [2.24, 2.45) is 11.7 Å². The van der Waals surface area contributed by atoms with E-state index in [1.807, 2.05) is 0 Å². The minimum Gasteiger partial charge on any atom is -0.460 e. The highest BCUT2D eigenvalue weighted by atomic mass is 16.3. The van der Waals surface area contributed by atoms with Crippen molar-refractivity contribution in [1.82, 2.24) is 0 Å². The molecule has 3 heteroatoms. The minimum absolute atomic E-state index is 0.232. The predicted molar refractivity (Wildman–Crippen MR) is 157 cm³/mol. The third-order valence-electron chi connectivity index (χ3n) is 9.35. The summed E-state index contributed by atoms with van der Waals surface area (Å²) in [5, 5.41) is 10.7. The summed E-state index contributed by atoms with van der Waals surface area (Å²) in [6, 6.07) is 11.6. The quantitative estimate of drug-likeness (QED) is 0.282. The van der Waals surface area contributed by atoms with Crippen molar-refractivity contribution < 1.29 is 4.42 Å². The minimum atomic E-state index is 0.232. The van der Waals surface area contributed by atoms with Gasteiger partial charge in [0.25, 0.3) is 0 Å². The molecule has 0 fully saturated rings. The zero-order chi connectivity index (χ0) is 25.4. The fraction of sp³-hybridized carbons (Fsp3) is 0.286. The molecule has 1 atom stereocenters. The summed E-state index contributed by atoms with van der Waals surface area (Å²) in [6.45, 7) is 0. The van der Waals surface area contributed by atoms with Gasteiger partial charge in [-0.05, 0) is 101 Å². The second kappa shape index (κ2) is 8.33. The lowest BCUT2D eigenvalue weighted by molar-refractivity contribution is 0.494. The van der Waals surface area contributed by atoms with E-state index in [2.05, 4.69) is 60.7 Å². The van der Waals surface area contributed by atoms with Crippen LogP contribution in [0.5, 0.6) is 0 Å². The van der Waals surface area contributed by atoms with Crippen LogP contribution in [0, 0.1) is 11.3 Å². The lowest BCUT2D eigenvalue weighted by Crippen LogP contribution is -2.18. The van der Waals surface area contributed by atoms with E-state index in [4.69, 9.17) is 15.6 Å². The van der Waals surface area contributed by atoms with Crippen LogP contribution in [0.25, 0.3) is 33.6 Å². The Kier molecular flexibility index (Phi) is 4.86. The SMILES string of the molecule is N=C(N)C1=CC(C2=CCCC(c3ccc4c5c(cccc35)C3=C4CCc4c3oc3c4C=CCC3)=C2)CCC1. The average Bonchev–Trinajstić information content (AvgIpc) is 3.50. The number of aryl methyl sites for hydroxylation is 1. The Morgan fingerprint density at radius 1 is 0.947 bits per heavy atom. The Balaban J connectivity index is 1.23. The second-order valence-corrected chi connectivity index (χ2v) is 11.4. The maximum atomic E-state index is 7.92. The second-order valence-electron chi connectivity index (χ2n) is 11.4. The number of rotatable bonds is 3. The fourth-order valence-corrected chi connectivity index (χ4v) is 7.59. The highest BCUT2D eigenvalue weighted by Gasteiger charge is 2.35. The molecule has 5 aliphatic carbocycles. The number of furan rings is 1. The van der Waals surface area contributed by atoms with Gasteiger partial charge in [0, 0.05) is 29.0 Å². The first-order valence-electron chi connectivity index (χ1n) is 14.2. The van der Waals surface area contributed by atoms with Crippen molar-refractivity contribution in [1.29, 1.82) is 5.41 Å². The van der Waals surface area contributed by atoms with Crippen LogP contribution in [-0.2, 0) is 12.8 Å². The van der Waals surface area contributed by atoms with Gasteiger partial charge < -0.3 is 10.2 Å². The van der Waals surface area contributed by atoms with E-state index in [0.717, 1.165) is 69.1 Å². The van der Waals surface area contributed by atoms with Gasteiger partial charge in [-0.15, -0.1) is 0 Å². The molecule has 0 amide bonds. The predicted octanol–water partition coefficient (Wildman–Crippen LogP) is 8.38. The molecule has 0 radical (unpaired) electrons. The molecule has 0 saturated heterocycles. The van der Waals surface area contributed by atoms with Gasteiger partial charge in [-0.25, -0.2) is 0 Å². The average molecular weight is 497 g/mol. The molecule has 0 saturated carbocycles. The Morgan fingerprint density at radius 3 is 2.79 bits per heavy atom. The summed E-state index contributed by atoms with van der Waals surface area (Å²) >= 11 is 0. The van der Waals surface area contributed by atoms with Gasteiger partial charge in [-0.2, -0.15) is 0 Å². The van der Waals surface area contributed by atoms with Crippen molar-refractivity contribution in [3.63, 3.8) is 0 Å². The maximum absolute atomic E-state index is 7.92. The first-order valence-corrected chi connectivity index (χ1v) is 14.2. The van der Waals surface area contributed by atoms with E-state index in [9.17, 15) is 0 Å². The van der Waals surface area contributed by atoms with Gasteiger partial charge in [0.2, 0.25) is 0 Å². The van der Waals surface area contributed by atoms with Crippen molar-refractivity contribution >= 4 is 39.4 Å². The van der Waals surface area contributed by atoms with E-state index in [-0.39, 0.29) is 5.84 Å². The normalized spacial score (nSPS) is 21.5. The number of allylic oxidation sites excluding steroid dienone is 7. The van der Waals surface area contributed by atoms with Crippen LogP contribution < -0.4 is 5.73 Å². The Labute approximate surface area is 223 Å². The zero-order valence-electron chi connectivity index (χ0n) is 21.7. The van der Waals surface area contributed by atoms with Crippen molar-refractivity contribution in [2.75, 3.05) is 0 Å². The van der Waals surface area contributed by atoms with Gasteiger partial charge in [0.05, 0.1) is 0 Å². The van der Waals surface area contributed by atoms with Crippen LogP contribution in [0.4, 0.5) is 0 Å². The lowest BCUT2D eigenvalue weighted by atomic mass is 9.80. The number of nitrogens with two attached hydrogens (primary N) is 1. The number of benzene rings is 2. The number of hydrogen-bond donors (Lipinski definition) is 2. The Bertz CT molecular complexity index is 1720. The van der Waals surface area contributed by atoms with E-state index < -0.39 is 0 Å². The van der Waals surface area contributed by atoms with Crippen LogP contribution >= 0.6 is 0 Å². The van der Waals surface area contributed by atoms with Gasteiger partial charge in [0.1, 0.15) is 17.4 Å². The molecule has 1 unspecified atom stereocenters. The Hall–Kier alpha value is -3.85. The molecule has 188 valence electrons. The Morgan fingerprint density at radius 2 is 1.87 bits per heavy atom. The first kappa shape index (κ1) is 22.2. The molecule has 38 heavy (non-hydrogen) atoms. The summed E-state index contributed by atoms with van der Waals surface area (Å²) in [5.41, 5.74) is 19.4. The molecule has 1 heterocycles. The highest BCUT2D eigenvalue weighted by molar-refractivity contribution is 6.19. The highest BCUT2D eigenvalue weighted by Crippen LogP contribution is 2.53. The van der Waals surface area contributed by atoms with Crippen molar-refractivity contribution in [2.45, 2.75) is 57.8 Å². The maximum Gasteiger partial charge on any atom is 0.139 e. The van der Waals surface area contributed by atoms with E-state index >= 15 is 0 Å². The molecule has 8 rings (SSSR count). The summed E-state index contributed by atoms with van der Waals surface area (Å²) in [6.07, 6.45) is 21.2. The monoisotopic (exact) mass is 496 g/mol. The molecule has 3 nitrogen and oxygen atoms in total. The third-order valence-corrected chi connectivity index (χ3v) is 9.35. The van der Waals surface area contributed by atoms with E-state index in [1.54, 1.807) is 0 Å².